The summed E-state index contributed by atoms with van der Waals surface area (Å²) in [6, 6.07) is 69.9. The first-order valence-electron chi connectivity index (χ1n) is 20.7. The van der Waals surface area contributed by atoms with E-state index in [4.69, 9.17) is 23.2 Å². The molecule has 0 aliphatic rings. The molecule has 0 atom stereocenters. The second-order valence-electron chi connectivity index (χ2n) is 15.1. The molecule has 12 aromatic rings. The lowest BCUT2D eigenvalue weighted by Crippen LogP contribution is -1.98. The Labute approximate surface area is 377 Å². The number of benzene rings is 8. The molecule has 0 aliphatic heterocycles. The lowest BCUT2D eigenvalue weighted by Gasteiger charge is -2.09. The smallest absolute Gasteiger partial charge is 0.226 e. The van der Waals surface area contributed by atoms with Crippen molar-refractivity contribution in [3.63, 3.8) is 0 Å². The molecule has 4 heterocycles. The Bertz CT molecular complexity index is 3280. The number of para-hydroxylation sites is 4. The van der Waals surface area contributed by atoms with E-state index in [1.807, 2.05) is 84.9 Å². The highest BCUT2D eigenvalue weighted by molar-refractivity contribution is 6.28. The van der Waals surface area contributed by atoms with Gasteiger partial charge in [-0.25, -0.2) is 9.97 Å². The Balaban J connectivity index is 0.000000143. The Morgan fingerprint density at radius 1 is 0.250 bits per heavy atom. The van der Waals surface area contributed by atoms with Crippen molar-refractivity contribution in [1.82, 2.24) is 39.0 Å². The van der Waals surface area contributed by atoms with E-state index in [-0.39, 0.29) is 10.6 Å². The number of hydrogen-bond donors (Lipinski definition) is 0. The summed E-state index contributed by atoms with van der Waals surface area (Å²) in [5, 5.41) is 5.32. The molecule has 12 rings (SSSR count). The number of aromatic nitrogens is 8. The van der Waals surface area contributed by atoms with Crippen LogP contribution in [-0.2, 0) is 0 Å². The third-order valence-electron chi connectivity index (χ3n) is 11.2. The number of hydrogen-bond acceptors (Lipinski definition) is 6. The summed E-state index contributed by atoms with van der Waals surface area (Å²) in [6.07, 6.45) is 0. The number of halogens is 2. The van der Waals surface area contributed by atoms with Crippen molar-refractivity contribution in [2.75, 3.05) is 0 Å². The standard InChI is InChI=1S/2C27H17ClN4/c2*28-27-30-25(18-8-2-1-3-9-18)29-26(31-27)19-14-16-20(17-15-19)32-23-12-6-4-10-21(23)22-11-5-7-13-24(22)32/h2*1-17H. The van der Waals surface area contributed by atoms with Gasteiger partial charge in [-0.2, -0.15) is 19.9 Å². The van der Waals surface area contributed by atoms with E-state index >= 15 is 0 Å². The topological polar surface area (TPSA) is 87.2 Å². The van der Waals surface area contributed by atoms with Crippen LogP contribution in [0.3, 0.4) is 0 Å². The van der Waals surface area contributed by atoms with Crippen molar-refractivity contribution >= 4 is 66.8 Å². The van der Waals surface area contributed by atoms with Crippen LogP contribution in [0, 0.1) is 0 Å². The number of nitrogens with zero attached hydrogens (tertiary/aromatic N) is 8. The fourth-order valence-corrected chi connectivity index (χ4v) is 8.63. The number of fused-ring (bicyclic) bond motifs is 6. The van der Waals surface area contributed by atoms with Crippen LogP contribution in [0.1, 0.15) is 0 Å². The monoisotopic (exact) mass is 864 g/mol. The average molecular weight is 866 g/mol. The van der Waals surface area contributed by atoms with Gasteiger partial charge in [0.25, 0.3) is 0 Å². The second-order valence-corrected chi connectivity index (χ2v) is 15.7. The van der Waals surface area contributed by atoms with Crippen LogP contribution < -0.4 is 0 Å². The van der Waals surface area contributed by atoms with E-state index in [2.05, 4.69) is 160 Å². The van der Waals surface area contributed by atoms with Crippen LogP contribution in [0.2, 0.25) is 10.6 Å². The van der Waals surface area contributed by atoms with Gasteiger partial charge in [-0.15, -0.1) is 0 Å². The van der Waals surface area contributed by atoms with Gasteiger partial charge < -0.3 is 9.13 Å². The van der Waals surface area contributed by atoms with Crippen LogP contribution >= 0.6 is 23.2 Å². The molecule has 0 unspecified atom stereocenters. The van der Waals surface area contributed by atoms with E-state index < -0.39 is 0 Å². The first-order chi connectivity index (χ1) is 31.6. The largest absolute Gasteiger partial charge is 0.309 e. The predicted molar refractivity (Wildman–Crippen MR) is 260 cm³/mol. The summed E-state index contributed by atoms with van der Waals surface area (Å²) >= 11 is 12.5. The van der Waals surface area contributed by atoms with Crippen molar-refractivity contribution in [3.05, 3.63) is 217 Å². The van der Waals surface area contributed by atoms with Crippen molar-refractivity contribution in [3.8, 4) is 56.9 Å². The zero-order valence-electron chi connectivity index (χ0n) is 34.0. The van der Waals surface area contributed by atoms with Gasteiger partial charge in [-0.3, -0.25) is 0 Å². The highest BCUT2D eigenvalue weighted by Crippen LogP contribution is 2.34. The molecular weight excluding hydrogens is 832 g/mol. The van der Waals surface area contributed by atoms with Crippen molar-refractivity contribution in [2.24, 2.45) is 0 Å². The molecule has 0 aliphatic carbocycles. The Morgan fingerprint density at radius 3 is 0.797 bits per heavy atom. The number of rotatable bonds is 6. The third-order valence-corrected chi connectivity index (χ3v) is 11.5. The zero-order chi connectivity index (χ0) is 43.0. The summed E-state index contributed by atoms with van der Waals surface area (Å²) in [6.45, 7) is 0. The molecule has 0 fully saturated rings. The minimum Gasteiger partial charge on any atom is -0.309 e. The van der Waals surface area contributed by atoms with E-state index in [0.717, 1.165) is 33.6 Å². The highest BCUT2D eigenvalue weighted by Gasteiger charge is 2.15. The summed E-state index contributed by atoms with van der Waals surface area (Å²) in [5.41, 5.74) is 10.4. The van der Waals surface area contributed by atoms with E-state index in [1.54, 1.807) is 0 Å². The maximum absolute atomic E-state index is 6.23. The summed E-state index contributed by atoms with van der Waals surface area (Å²) in [4.78, 5) is 26.6. The molecular formula is C54H34Cl2N8. The quantitative estimate of drug-likeness (QED) is 0.165. The maximum Gasteiger partial charge on any atom is 0.226 e. The molecule has 0 saturated heterocycles. The van der Waals surface area contributed by atoms with Crippen LogP contribution in [0.4, 0.5) is 0 Å². The van der Waals surface area contributed by atoms with Crippen molar-refractivity contribution in [1.29, 1.82) is 0 Å². The van der Waals surface area contributed by atoms with Gasteiger partial charge in [0.15, 0.2) is 23.3 Å². The summed E-state index contributed by atoms with van der Waals surface area (Å²) < 4.78 is 4.56. The molecule has 8 aromatic carbocycles. The van der Waals surface area contributed by atoms with Crippen LogP contribution in [0.15, 0.2) is 206 Å². The fourth-order valence-electron chi connectivity index (χ4n) is 8.31. The van der Waals surface area contributed by atoms with E-state index in [1.165, 1.54) is 43.6 Å². The molecule has 304 valence electrons. The molecule has 0 bridgehead atoms. The van der Waals surface area contributed by atoms with E-state index in [0.29, 0.717) is 23.3 Å². The average Bonchev–Trinajstić information content (AvgIpc) is 3.88. The van der Waals surface area contributed by atoms with E-state index in [9.17, 15) is 0 Å². The lowest BCUT2D eigenvalue weighted by molar-refractivity contribution is 1.06. The minimum absolute atomic E-state index is 0.181. The van der Waals surface area contributed by atoms with Gasteiger partial charge in [0.2, 0.25) is 10.6 Å². The van der Waals surface area contributed by atoms with Crippen LogP contribution in [0.25, 0.3) is 101 Å². The van der Waals surface area contributed by atoms with Gasteiger partial charge in [-0.1, -0.05) is 133 Å². The highest BCUT2D eigenvalue weighted by atomic mass is 35.5. The van der Waals surface area contributed by atoms with Gasteiger partial charge in [-0.05, 0) is 96.0 Å². The van der Waals surface area contributed by atoms with Gasteiger partial charge >= 0.3 is 0 Å². The Morgan fingerprint density at radius 2 is 0.500 bits per heavy atom. The maximum atomic E-state index is 6.23. The molecule has 0 radical (unpaired) electrons. The van der Waals surface area contributed by atoms with Gasteiger partial charge in [0, 0.05) is 55.2 Å². The normalized spacial score (nSPS) is 11.3. The molecule has 0 amide bonds. The second kappa shape index (κ2) is 16.7. The van der Waals surface area contributed by atoms with Crippen LogP contribution in [-0.4, -0.2) is 39.0 Å². The minimum atomic E-state index is 0.181. The first kappa shape index (κ1) is 38.9. The third kappa shape index (κ3) is 7.30. The van der Waals surface area contributed by atoms with Crippen molar-refractivity contribution < 1.29 is 0 Å². The molecule has 10 heteroatoms. The molecule has 0 spiro atoms. The fraction of sp³-hybridized carbons (Fsp3) is 0. The Kier molecular flexibility index (Phi) is 10.1. The molecule has 4 aromatic heterocycles. The molecule has 0 saturated carbocycles. The summed E-state index contributed by atoms with van der Waals surface area (Å²) in [7, 11) is 0. The predicted octanol–water partition coefficient (Wildman–Crippen LogP) is 13.9. The van der Waals surface area contributed by atoms with Gasteiger partial charge in [0.1, 0.15) is 0 Å². The summed E-state index contributed by atoms with van der Waals surface area (Å²) in [5.74, 6) is 2.23. The zero-order valence-corrected chi connectivity index (χ0v) is 35.5. The lowest BCUT2D eigenvalue weighted by atomic mass is 10.1. The molecule has 0 N–H and O–H groups in total. The molecule has 8 nitrogen and oxygen atoms in total. The first-order valence-corrected chi connectivity index (χ1v) is 21.4. The Hall–Kier alpha value is -8.04. The van der Waals surface area contributed by atoms with Crippen molar-refractivity contribution in [2.45, 2.75) is 0 Å². The van der Waals surface area contributed by atoms with Gasteiger partial charge in [0.05, 0.1) is 22.1 Å². The van der Waals surface area contributed by atoms with Crippen LogP contribution in [0.5, 0.6) is 0 Å². The SMILES string of the molecule is Clc1nc(-c2ccccc2)nc(-c2ccc(-n3c4ccccc4c4ccccc43)cc2)n1.Clc1nc(-c2ccccc2)nc(-c2ccc(-n3c4ccccc4c4ccccc43)cc2)n1. The molecule has 64 heavy (non-hydrogen) atoms.